The van der Waals surface area contributed by atoms with Crippen LogP contribution in [0.25, 0.3) is 0 Å². The molecule has 2 aromatic carbocycles. The Labute approximate surface area is 167 Å². The minimum Gasteiger partial charge on any atom is -0.334 e. The molecule has 4 rings (SSSR count). The second-order valence-corrected chi connectivity index (χ2v) is 7.07. The fourth-order valence-electron chi connectivity index (χ4n) is 3.59. The second kappa shape index (κ2) is 7.75. The summed E-state index contributed by atoms with van der Waals surface area (Å²) in [7, 11) is 0. The first-order valence-corrected chi connectivity index (χ1v) is 9.37. The third-order valence-electron chi connectivity index (χ3n) is 5.08. The molecule has 2 aliphatic rings. The summed E-state index contributed by atoms with van der Waals surface area (Å²) in [5.41, 5.74) is 2.83. The van der Waals surface area contributed by atoms with Crippen molar-refractivity contribution < 1.29 is 19.2 Å². The molecule has 2 aromatic rings. The number of nitrogens with zero attached hydrogens (tertiary/aromatic N) is 1. The normalized spacial score (nSPS) is 18.3. The maximum absolute atomic E-state index is 12.8. The monoisotopic (exact) mass is 392 g/mol. The molecule has 0 saturated carbocycles. The van der Waals surface area contributed by atoms with Gasteiger partial charge in [-0.3, -0.25) is 19.7 Å². The molecule has 1 unspecified atom stereocenters. The van der Waals surface area contributed by atoms with Crippen LogP contribution in [0.15, 0.2) is 48.5 Å². The molecule has 148 valence electrons. The van der Waals surface area contributed by atoms with E-state index >= 15 is 0 Å². The average molecular weight is 392 g/mol. The number of piperidine rings is 1. The number of hydrogen-bond acceptors (Lipinski definition) is 4. The smallest absolute Gasteiger partial charge is 0.319 e. The summed E-state index contributed by atoms with van der Waals surface area (Å²) in [6.07, 6.45) is 0.556. The van der Waals surface area contributed by atoms with Crippen molar-refractivity contribution in [1.82, 2.24) is 15.5 Å². The number of imide groups is 1. The minimum absolute atomic E-state index is 0.224. The first-order valence-electron chi connectivity index (χ1n) is 9.37. The van der Waals surface area contributed by atoms with Crippen LogP contribution in [0.1, 0.15) is 34.3 Å². The highest BCUT2D eigenvalue weighted by atomic mass is 16.2. The molecular formula is C21H20N4O4. The molecule has 1 saturated heterocycles. The lowest BCUT2D eigenvalue weighted by atomic mass is 10.0. The molecule has 29 heavy (non-hydrogen) atoms. The van der Waals surface area contributed by atoms with Crippen LogP contribution in [-0.4, -0.2) is 34.7 Å². The third-order valence-corrected chi connectivity index (χ3v) is 5.08. The topological polar surface area (TPSA) is 108 Å². The number of fused-ring (bicyclic) bond motifs is 1. The molecule has 0 spiro atoms. The number of para-hydroxylation sites is 1. The van der Waals surface area contributed by atoms with Crippen LogP contribution in [0.5, 0.6) is 0 Å². The van der Waals surface area contributed by atoms with Crippen molar-refractivity contribution in [3.8, 4) is 0 Å². The summed E-state index contributed by atoms with van der Waals surface area (Å²) in [4.78, 5) is 49.8. The van der Waals surface area contributed by atoms with Crippen molar-refractivity contribution in [2.75, 3.05) is 5.32 Å². The third kappa shape index (κ3) is 3.96. The first kappa shape index (κ1) is 18.7. The van der Waals surface area contributed by atoms with Crippen molar-refractivity contribution >= 4 is 29.4 Å². The van der Waals surface area contributed by atoms with Gasteiger partial charge in [-0.05, 0) is 35.7 Å². The van der Waals surface area contributed by atoms with Crippen molar-refractivity contribution in [3.63, 3.8) is 0 Å². The summed E-state index contributed by atoms with van der Waals surface area (Å²) < 4.78 is 0. The van der Waals surface area contributed by atoms with E-state index in [0.717, 1.165) is 11.1 Å². The van der Waals surface area contributed by atoms with Crippen molar-refractivity contribution in [1.29, 1.82) is 0 Å². The van der Waals surface area contributed by atoms with Gasteiger partial charge in [0.15, 0.2) is 0 Å². The maximum atomic E-state index is 12.8. The molecule has 0 bridgehead atoms. The van der Waals surface area contributed by atoms with Crippen molar-refractivity contribution in [2.24, 2.45) is 0 Å². The number of amides is 5. The molecule has 8 heteroatoms. The predicted molar refractivity (Wildman–Crippen MR) is 105 cm³/mol. The van der Waals surface area contributed by atoms with E-state index in [1.165, 1.54) is 4.90 Å². The maximum Gasteiger partial charge on any atom is 0.319 e. The number of nitrogens with one attached hydrogen (secondary N) is 3. The van der Waals surface area contributed by atoms with Crippen LogP contribution in [0, 0.1) is 0 Å². The van der Waals surface area contributed by atoms with Gasteiger partial charge in [0.05, 0.1) is 0 Å². The van der Waals surface area contributed by atoms with Gasteiger partial charge in [0.2, 0.25) is 11.8 Å². The van der Waals surface area contributed by atoms with E-state index in [2.05, 4.69) is 16.0 Å². The summed E-state index contributed by atoms with van der Waals surface area (Å²) in [6, 6.07) is 13.6. The number of rotatable bonds is 4. The van der Waals surface area contributed by atoms with E-state index in [1.54, 1.807) is 18.2 Å². The van der Waals surface area contributed by atoms with Crippen LogP contribution >= 0.6 is 0 Å². The molecule has 8 nitrogen and oxygen atoms in total. The Morgan fingerprint density at radius 2 is 1.90 bits per heavy atom. The van der Waals surface area contributed by atoms with E-state index in [9.17, 15) is 19.2 Å². The number of carbonyl (C=O) groups is 4. The van der Waals surface area contributed by atoms with Crippen LogP contribution < -0.4 is 16.0 Å². The van der Waals surface area contributed by atoms with E-state index in [4.69, 9.17) is 0 Å². The Bertz CT molecular complexity index is 989. The zero-order valence-electron chi connectivity index (χ0n) is 15.6. The summed E-state index contributed by atoms with van der Waals surface area (Å²) >= 11 is 0. The first-order chi connectivity index (χ1) is 14.0. The molecule has 2 heterocycles. The quantitative estimate of drug-likeness (QED) is 0.689. The lowest BCUT2D eigenvalue weighted by Crippen LogP contribution is -2.52. The van der Waals surface area contributed by atoms with Gasteiger partial charge >= 0.3 is 6.03 Å². The fraction of sp³-hybridized carbons (Fsp3) is 0.238. The number of anilines is 1. The summed E-state index contributed by atoms with van der Waals surface area (Å²) in [5, 5.41) is 7.79. The summed E-state index contributed by atoms with van der Waals surface area (Å²) in [6.45, 7) is 0.598. The van der Waals surface area contributed by atoms with Gasteiger partial charge in [-0.1, -0.05) is 30.3 Å². The molecule has 2 aliphatic heterocycles. The molecular weight excluding hydrogens is 372 g/mol. The predicted octanol–water partition coefficient (Wildman–Crippen LogP) is 1.77. The van der Waals surface area contributed by atoms with Gasteiger partial charge in [0.25, 0.3) is 5.91 Å². The second-order valence-electron chi connectivity index (χ2n) is 7.07. The SMILES string of the molecule is O=C1CCC(N2Cc3ccc(CNC(=O)Nc4ccccc4)cc3C2=O)C(=O)N1. The molecule has 0 radical (unpaired) electrons. The van der Waals surface area contributed by atoms with Gasteiger partial charge < -0.3 is 15.5 Å². The molecule has 0 aliphatic carbocycles. The Morgan fingerprint density at radius 3 is 2.66 bits per heavy atom. The van der Waals surface area contributed by atoms with E-state index in [1.807, 2.05) is 30.3 Å². The van der Waals surface area contributed by atoms with Gasteiger partial charge in [0.1, 0.15) is 6.04 Å². The Balaban J connectivity index is 1.39. The Hall–Kier alpha value is -3.68. The number of carbonyl (C=O) groups excluding carboxylic acids is 4. The van der Waals surface area contributed by atoms with E-state index in [-0.39, 0.29) is 30.8 Å². The van der Waals surface area contributed by atoms with Gasteiger partial charge in [0, 0.05) is 30.8 Å². The Morgan fingerprint density at radius 1 is 1.10 bits per heavy atom. The van der Waals surface area contributed by atoms with Crippen LogP contribution in [0.4, 0.5) is 10.5 Å². The number of benzene rings is 2. The van der Waals surface area contributed by atoms with Gasteiger partial charge in [-0.2, -0.15) is 0 Å². The van der Waals surface area contributed by atoms with Crippen molar-refractivity contribution in [3.05, 3.63) is 65.2 Å². The van der Waals surface area contributed by atoms with E-state index < -0.39 is 11.9 Å². The number of urea groups is 1. The molecule has 1 fully saturated rings. The number of hydrogen-bond donors (Lipinski definition) is 3. The highest BCUT2D eigenvalue weighted by Crippen LogP contribution is 2.28. The lowest BCUT2D eigenvalue weighted by Gasteiger charge is -2.29. The van der Waals surface area contributed by atoms with Crippen molar-refractivity contribution in [2.45, 2.75) is 32.0 Å². The van der Waals surface area contributed by atoms with Crippen LogP contribution in [0.3, 0.4) is 0 Å². The highest BCUT2D eigenvalue weighted by Gasteiger charge is 2.39. The highest BCUT2D eigenvalue weighted by molar-refractivity contribution is 6.05. The largest absolute Gasteiger partial charge is 0.334 e. The standard InChI is InChI=1S/C21H20N4O4/c26-18-9-8-17(19(27)24-18)25-12-14-7-6-13(10-16(14)20(25)28)11-22-21(29)23-15-4-2-1-3-5-15/h1-7,10,17H,8-9,11-12H2,(H2,22,23,29)(H,24,26,27). The molecule has 1 atom stereocenters. The van der Waals surface area contributed by atoms with Gasteiger partial charge in [-0.25, -0.2) is 4.79 Å². The minimum atomic E-state index is -0.633. The zero-order valence-corrected chi connectivity index (χ0v) is 15.6. The van der Waals surface area contributed by atoms with Crippen LogP contribution in [-0.2, 0) is 22.7 Å². The Kier molecular flexibility index (Phi) is 4.99. The fourth-order valence-corrected chi connectivity index (χ4v) is 3.59. The van der Waals surface area contributed by atoms with Crippen LogP contribution in [0.2, 0.25) is 0 Å². The molecule has 3 N–H and O–H groups in total. The average Bonchev–Trinajstić information content (AvgIpc) is 3.03. The molecule has 5 amide bonds. The molecule has 0 aromatic heterocycles. The van der Waals surface area contributed by atoms with Gasteiger partial charge in [-0.15, -0.1) is 0 Å². The zero-order chi connectivity index (χ0) is 20.4. The van der Waals surface area contributed by atoms with E-state index in [0.29, 0.717) is 24.2 Å². The summed E-state index contributed by atoms with van der Waals surface area (Å²) in [5.74, 6) is -0.968. The lowest BCUT2D eigenvalue weighted by molar-refractivity contribution is -0.136.